The van der Waals surface area contributed by atoms with E-state index in [9.17, 15) is 13.2 Å². The Morgan fingerprint density at radius 2 is 1.97 bits per heavy atom. The molecular formula is C23H30N4O4S. The quantitative estimate of drug-likeness (QED) is 0.475. The summed E-state index contributed by atoms with van der Waals surface area (Å²) in [5, 5.41) is 2.92. The molecule has 8 nitrogen and oxygen atoms in total. The van der Waals surface area contributed by atoms with Gasteiger partial charge >= 0.3 is 0 Å². The van der Waals surface area contributed by atoms with Crippen molar-refractivity contribution in [1.29, 1.82) is 0 Å². The number of sulfonamides is 1. The molecule has 1 amide bonds. The first kappa shape index (κ1) is 23.7. The van der Waals surface area contributed by atoms with Gasteiger partial charge in [-0.25, -0.2) is 13.4 Å². The van der Waals surface area contributed by atoms with E-state index in [0.29, 0.717) is 43.4 Å². The maximum absolute atomic E-state index is 12.2. The Bertz CT molecular complexity index is 1050. The molecule has 0 unspecified atom stereocenters. The number of fused-ring (bicyclic) bond motifs is 1. The average Bonchev–Trinajstić information content (AvgIpc) is 3.06. The van der Waals surface area contributed by atoms with Gasteiger partial charge in [-0.1, -0.05) is 38.0 Å². The number of benzene rings is 1. The second-order valence-electron chi connectivity index (χ2n) is 7.59. The molecule has 1 aromatic heterocycles. The monoisotopic (exact) mass is 458 g/mol. The Balaban J connectivity index is 1.36. The van der Waals surface area contributed by atoms with E-state index in [1.807, 2.05) is 12.1 Å². The zero-order chi connectivity index (χ0) is 22.8. The van der Waals surface area contributed by atoms with E-state index in [-0.39, 0.29) is 10.8 Å². The maximum atomic E-state index is 12.2. The number of aliphatic imine (C=N–C) groups is 1. The summed E-state index contributed by atoms with van der Waals surface area (Å²) in [5.74, 6) is 0.952. The normalized spacial score (nSPS) is 15.2. The lowest BCUT2D eigenvalue weighted by Crippen LogP contribution is -2.23. The molecule has 172 valence electrons. The smallest absolute Gasteiger partial charge is 0.263 e. The van der Waals surface area contributed by atoms with Crippen LogP contribution in [-0.4, -0.2) is 38.3 Å². The average molecular weight is 459 g/mol. The van der Waals surface area contributed by atoms with E-state index < -0.39 is 10.0 Å². The first-order valence-electron chi connectivity index (χ1n) is 11.0. The highest BCUT2D eigenvalue weighted by molar-refractivity contribution is 7.90. The van der Waals surface area contributed by atoms with Crippen LogP contribution in [0.2, 0.25) is 0 Å². The van der Waals surface area contributed by atoms with E-state index in [1.54, 1.807) is 30.5 Å². The van der Waals surface area contributed by atoms with Crippen molar-refractivity contribution < 1.29 is 17.9 Å². The highest BCUT2D eigenvalue weighted by atomic mass is 32.2. The van der Waals surface area contributed by atoms with Crippen LogP contribution in [0.15, 0.2) is 52.5 Å². The van der Waals surface area contributed by atoms with Gasteiger partial charge in [0.25, 0.3) is 10.0 Å². The predicted octanol–water partition coefficient (Wildman–Crippen LogP) is 3.18. The van der Waals surface area contributed by atoms with Crippen molar-refractivity contribution in [3.63, 3.8) is 0 Å². The maximum Gasteiger partial charge on any atom is 0.263 e. The summed E-state index contributed by atoms with van der Waals surface area (Å²) < 4.78 is 32.3. The standard InChI is InChI=1S/C23H30N4O4S/c1-2-3-16-31-23-18(10-9-15-25-23)17-26-21(28)13-5-4-8-14-24-22-19-11-6-7-12-20(19)32(29,30)27-22/h6-7,9-12,15H,2-5,8,13-14,16-17H2,1H3,(H,24,27)(H,26,28). The third-order valence-corrected chi connectivity index (χ3v) is 6.45. The second-order valence-corrected chi connectivity index (χ2v) is 9.24. The number of hydrogen-bond donors (Lipinski definition) is 2. The van der Waals surface area contributed by atoms with Crippen molar-refractivity contribution in [1.82, 2.24) is 15.0 Å². The molecule has 0 aliphatic carbocycles. The number of aromatic nitrogens is 1. The Morgan fingerprint density at radius 3 is 2.81 bits per heavy atom. The van der Waals surface area contributed by atoms with Crippen molar-refractivity contribution in [3.8, 4) is 5.88 Å². The number of nitrogens with one attached hydrogen (secondary N) is 2. The molecule has 1 aliphatic rings. The zero-order valence-corrected chi connectivity index (χ0v) is 19.2. The number of amidine groups is 1. The number of ether oxygens (including phenoxy) is 1. The van der Waals surface area contributed by atoms with Gasteiger partial charge in [-0.15, -0.1) is 0 Å². The molecule has 9 heteroatoms. The minimum absolute atomic E-state index is 0.0165. The molecule has 1 aliphatic heterocycles. The Kier molecular flexibility index (Phi) is 8.61. The van der Waals surface area contributed by atoms with Crippen molar-refractivity contribution in [2.45, 2.75) is 56.9 Å². The lowest BCUT2D eigenvalue weighted by molar-refractivity contribution is -0.121. The van der Waals surface area contributed by atoms with E-state index in [2.05, 4.69) is 26.9 Å². The summed E-state index contributed by atoms with van der Waals surface area (Å²) in [7, 11) is -3.50. The molecule has 0 saturated heterocycles. The van der Waals surface area contributed by atoms with Crippen LogP contribution in [0.4, 0.5) is 0 Å². The number of rotatable bonds is 12. The highest BCUT2D eigenvalue weighted by Crippen LogP contribution is 2.22. The van der Waals surface area contributed by atoms with Crippen LogP contribution in [0, 0.1) is 0 Å². The molecule has 0 atom stereocenters. The van der Waals surface area contributed by atoms with Gasteiger partial charge in [0, 0.05) is 36.8 Å². The summed E-state index contributed by atoms with van der Waals surface area (Å²) >= 11 is 0. The predicted molar refractivity (Wildman–Crippen MR) is 123 cm³/mol. The van der Waals surface area contributed by atoms with Gasteiger partial charge in [0.1, 0.15) is 5.84 Å². The lowest BCUT2D eigenvalue weighted by atomic mass is 10.1. The van der Waals surface area contributed by atoms with Crippen LogP contribution in [-0.2, 0) is 21.4 Å². The molecule has 1 aromatic carbocycles. The molecule has 0 fully saturated rings. The Morgan fingerprint density at radius 1 is 1.12 bits per heavy atom. The molecule has 32 heavy (non-hydrogen) atoms. The SMILES string of the molecule is CCCCOc1ncccc1CNC(=O)CCCCCN=C1NS(=O)(=O)c2ccccc21. The molecule has 3 rings (SSSR count). The minimum Gasteiger partial charge on any atom is -0.477 e. The fourth-order valence-corrected chi connectivity index (χ4v) is 4.55. The van der Waals surface area contributed by atoms with E-state index in [0.717, 1.165) is 37.7 Å². The summed E-state index contributed by atoms with van der Waals surface area (Å²) in [6.07, 6.45) is 6.48. The number of pyridine rings is 1. The number of nitrogens with zero attached hydrogens (tertiary/aromatic N) is 2. The summed E-state index contributed by atoms with van der Waals surface area (Å²) in [5.41, 5.74) is 1.48. The van der Waals surface area contributed by atoms with Crippen LogP contribution in [0.25, 0.3) is 0 Å². The zero-order valence-electron chi connectivity index (χ0n) is 18.3. The fourth-order valence-electron chi connectivity index (χ4n) is 3.30. The van der Waals surface area contributed by atoms with Gasteiger partial charge in [0.05, 0.1) is 11.5 Å². The van der Waals surface area contributed by atoms with Gasteiger partial charge in [0.2, 0.25) is 11.8 Å². The highest BCUT2D eigenvalue weighted by Gasteiger charge is 2.29. The van der Waals surface area contributed by atoms with Gasteiger partial charge < -0.3 is 10.1 Å². The number of amides is 1. The molecule has 0 spiro atoms. The van der Waals surface area contributed by atoms with Crippen molar-refractivity contribution in [2.24, 2.45) is 4.99 Å². The van der Waals surface area contributed by atoms with Crippen LogP contribution in [0.1, 0.15) is 56.6 Å². The van der Waals surface area contributed by atoms with E-state index in [4.69, 9.17) is 4.74 Å². The summed E-state index contributed by atoms with van der Waals surface area (Å²) in [6.45, 7) is 3.61. The number of unbranched alkanes of at least 4 members (excludes halogenated alkanes) is 3. The van der Waals surface area contributed by atoms with Gasteiger partial charge in [-0.2, -0.15) is 0 Å². The molecule has 2 heterocycles. The number of carbonyl (C=O) groups excluding carboxylic acids is 1. The van der Waals surface area contributed by atoms with Crippen molar-refractivity contribution >= 4 is 21.8 Å². The third kappa shape index (κ3) is 6.53. The molecule has 0 radical (unpaired) electrons. The number of carbonyl (C=O) groups is 1. The molecule has 0 saturated carbocycles. The second kappa shape index (κ2) is 11.6. The topological polar surface area (TPSA) is 110 Å². The minimum atomic E-state index is -3.50. The van der Waals surface area contributed by atoms with Crippen LogP contribution in [0.3, 0.4) is 0 Å². The van der Waals surface area contributed by atoms with Crippen LogP contribution >= 0.6 is 0 Å². The van der Waals surface area contributed by atoms with Crippen LogP contribution in [0.5, 0.6) is 5.88 Å². The molecule has 2 aromatic rings. The largest absolute Gasteiger partial charge is 0.477 e. The molecule has 2 N–H and O–H groups in total. The lowest BCUT2D eigenvalue weighted by Gasteiger charge is -2.10. The van der Waals surface area contributed by atoms with Crippen LogP contribution < -0.4 is 14.8 Å². The Hall–Kier alpha value is -2.94. The van der Waals surface area contributed by atoms with Gasteiger partial charge in [-0.3, -0.25) is 14.5 Å². The molecular weight excluding hydrogens is 428 g/mol. The van der Waals surface area contributed by atoms with E-state index in [1.165, 1.54) is 0 Å². The third-order valence-electron chi connectivity index (χ3n) is 5.06. The van der Waals surface area contributed by atoms with Crippen molar-refractivity contribution in [3.05, 3.63) is 53.7 Å². The summed E-state index contributed by atoms with van der Waals surface area (Å²) in [4.78, 5) is 21.1. The van der Waals surface area contributed by atoms with Gasteiger partial charge in [0.15, 0.2) is 0 Å². The summed E-state index contributed by atoms with van der Waals surface area (Å²) in [6, 6.07) is 10.5. The first-order chi connectivity index (χ1) is 15.5. The molecule has 0 bridgehead atoms. The van der Waals surface area contributed by atoms with E-state index >= 15 is 0 Å². The fraction of sp³-hybridized carbons (Fsp3) is 0.435. The Labute approximate surface area is 189 Å². The first-order valence-corrected chi connectivity index (χ1v) is 12.5. The van der Waals surface area contributed by atoms with Gasteiger partial charge in [-0.05, 0) is 37.5 Å². The van der Waals surface area contributed by atoms with Crippen molar-refractivity contribution in [2.75, 3.05) is 13.2 Å². The number of hydrogen-bond acceptors (Lipinski definition) is 6.